The van der Waals surface area contributed by atoms with Gasteiger partial charge >= 0.3 is 0 Å². The minimum atomic E-state index is -0.130. The van der Waals surface area contributed by atoms with E-state index in [0.29, 0.717) is 38.1 Å². The highest BCUT2D eigenvalue weighted by atomic mass is 35.5. The van der Waals surface area contributed by atoms with Gasteiger partial charge in [0.2, 0.25) is 0 Å². The Bertz CT molecular complexity index is 1160. The number of rotatable bonds is 4. The molecule has 160 valence electrons. The van der Waals surface area contributed by atoms with E-state index in [4.69, 9.17) is 39.8 Å². The number of amides is 1. The Morgan fingerprint density at radius 2 is 1.77 bits per heavy atom. The lowest BCUT2D eigenvalue weighted by Gasteiger charge is -2.22. The summed E-state index contributed by atoms with van der Waals surface area (Å²) < 4.78 is 1.95. The number of halogens is 3. The van der Waals surface area contributed by atoms with E-state index >= 15 is 0 Å². The van der Waals surface area contributed by atoms with Gasteiger partial charge in [-0.25, -0.2) is 4.98 Å². The van der Waals surface area contributed by atoms with Gasteiger partial charge in [0.1, 0.15) is 11.5 Å². The van der Waals surface area contributed by atoms with E-state index < -0.39 is 0 Å². The maximum Gasteiger partial charge on any atom is 0.272 e. The fraction of sp³-hybridized carbons (Fsp3) is 0.333. The predicted octanol–water partition coefficient (Wildman–Crippen LogP) is 6.73. The van der Waals surface area contributed by atoms with Crippen molar-refractivity contribution in [3.05, 3.63) is 68.9 Å². The first-order valence-corrected chi connectivity index (χ1v) is 11.7. The van der Waals surface area contributed by atoms with Crippen molar-refractivity contribution in [1.29, 1.82) is 0 Å². The molecule has 2 aliphatic rings. The van der Waals surface area contributed by atoms with Gasteiger partial charge in [0.05, 0.1) is 10.7 Å². The lowest BCUT2D eigenvalue weighted by molar-refractivity contribution is 0.0917. The van der Waals surface area contributed by atoms with Gasteiger partial charge in [-0.05, 0) is 80.5 Å². The average molecular weight is 475 g/mol. The zero-order chi connectivity index (χ0) is 21.7. The maximum atomic E-state index is 13.3. The summed E-state index contributed by atoms with van der Waals surface area (Å²) in [7, 11) is 0. The molecule has 0 saturated heterocycles. The Morgan fingerprint density at radius 3 is 2.42 bits per heavy atom. The summed E-state index contributed by atoms with van der Waals surface area (Å²) in [6.07, 6.45) is 4.80. The second-order valence-corrected chi connectivity index (χ2v) is 9.84. The molecule has 5 rings (SSSR count). The van der Waals surface area contributed by atoms with Crippen LogP contribution in [0.2, 0.25) is 15.1 Å². The smallest absolute Gasteiger partial charge is 0.272 e. The van der Waals surface area contributed by atoms with Gasteiger partial charge in [0.25, 0.3) is 5.91 Å². The molecule has 0 spiro atoms. The van der Waals surface area contributed by atoms with E-state index in [2.05, 4.69) is 5.32 Å². The Balaban J connectivity index is 1.57. The number of carbonyl (C=O) groups is 1. The molecule has 1 aromatic heterocycles. The quantitative estimate of drug-likeness (QED) is 0.456. The fourth-order valence-corrected chi connectivity index (χ4v) is 5.75. The molecular weight excluding hydrogens is 453 g/mol. The number of fused-ring (bicyclic) bond motifs is 2. The van der Waals surface area contributed by atoms with Gasteiger partial charge in [-0.3, -0.25) is 9.36 Å². The van der Waals surface area contributed by atoms with Gasteiger partial charge in [-0.1, -0.05) is 41.2 Å². The molecule has 2 saturated carbocycles. The predicted molar refractivity (Wildman–Crippen MR) is 125 cm³/mol. The highest BCUT2D eigenvalue weighted by molar-refractivity contribution is 6.36. The lowest BCUT2D eigenvalue weighted by Crippen LogP contribution is -2.38. The minimum absolute atomic E-state index is 0.130. The molecule has 1 N–H and O–H groups in total. The van der Waals surface area contributed by atoms with Crippen LogP contribution >= 0.6 is 34.8 Å². The normalized spacial score (nSPS) is 22.1. The number of nitrogens with one attached hydrogen (secondary N) is 1. The first-order valence-electron chi connectivity index (χ1n) is 10.5. The van der Waals surface area contributed by atoms with Gasteiger partial charge in [-0.15, -0.1) is 0 Å². The van der Waals surface area contributed by atoms with Gasteiger partial charge in [-0.2, -0.15) is 0 Å². The van der Waals surface area contributed by atoms with Crippen LogP contribution in [0.1, 0.15) is 41.9 Å². The standard InChI is InChI=1S/C24H22Cl3N3O/c1-13-22(24(31)28-21-11-14-2-3-15(21)10-14)29-23(19-9-6-17(26)12-20(19)27)30(13)18-7-4-16(25)5-8-18/h4-9,12,14-15,21H,2-3,10-11H2,1H3,(H,28,31)/t14-,15+,21-/m1/s1. The van der Waals surface area contributed by atoms with Crippen molar-refractivity contribution in [2.45, 2.75) is 38.6 Å². The number of imidazole rings is 1. The van der Waals surface area contributed by atoms with E-state index in [1.54, 1.807) is 12.1 Å². The fourth-order valence-electron chi connectivity index (χ4n) is 5.13. The molecule has 1 amide bonds. The van der Waals surface area contributed by atoms with E-state index in [-0.39, 0.29) is 11.9 Å². The third-order valence-corrected chi connectivity index (χ3v) is 7.43. The number of hydrogen-bond donors (Lipinski definition) is 1. The van der Waals surface area contributed by atoms with Crippen molar-refractivity contribution in [3.8, 4) is 17.1 Å². The summed E-state index contributed by atoms with van der Waals surface area (Å²) in [6.45, 7) is 1.91. The van der Waals surface area contributed by atoms with Crippen molar-refractivity contribution in [2.75, 3.05) is 0 Å². The number of nitrogens with zero attached hydrogens (tertiary/aromatic N) is 2. The van der Waals surface area contributed by atoms with E-state index in [1.165, 1.54) is 19.3 Å². The van der Waals surface area contributed by atoms with Crippen molar-refractivity contribution in [2.24, 2.45) is 11.8 Å². The average Bonchev–Trinajstić information content (AvgIpc) is 3.43. The monoisotopic (exact) mass is 473 g/mol. The van der Waals surface area contributed by atoms with Crippen LogP contribution in [0.5, 0.6) is 0 Å². The summed E-state index contributed by atoms with van der Waals surface area (Å²) in [5, 5.41) is 4.92. The molecule has 4 nitrogen and oxygen atoms in total. The van der Waals surface area contributed by atoms with Gasteiger partial charge in [0.15, 0.2) is 0 Å². The topological polar surface area (TPSA) is 46.9 Å². The van der Waals surface area contributed by atoms with Crippen LogP contribution in [-0.2, 0) is 0 Å². The Labute approximate surface area is 196 Å². The molecule has 0 aliphatic heterocycles. The molecule has 2 aliphatic carbocycles. The highest BCUT2D eigenvalue weighted by Crippen LogP contribution is 2.44. The molecule has 0 radical (unpaired) electrons. The molecule has 3 aromatic rings. The summed E-state index contributed by atoms with van der Waals surface area (Å²) >= 11 is 18.7. The summed E-state index contributed by atoms with van der Waals surface area (Å²) in [6, 6.07) is 13.0. The first-order chi connectivity index (χ1) is 14.9. The number of hydrogen-bond acceptors (Lipinski definition) is 2. The lowest BCUT2D eigenvalue weighted by atomic mass is 9.95. The van der Waals surface area contributed by atoms with Gasteiger partial charge < -0.3 is 5.32 Å². The molecule has 2 bridgehead atoms. The molecule has 2 aromatic carbocycles. The molecule has 3 atom stereocenters. The molecular formula is C24H22Cl3N3O. The highest BCUT2D eigenvalue weighted by Gasteiger charge is 2.40. The van der Waals surface area contributed by atoms with Crippen molar-refractivity contribution in [1.82, 2.24) is 14.9 Å². The minimum Gasteiger partial charge on any atom is -0.348 e. The molecule has 7 heteroatoms. The van der Waals surface area contributed by atoms with Crippen LogP contribution in [-0.4, -0.2) is 21.5 Å². The van der Waals surface area contributed by atoms with Crippen LogP contribution in [0.4, 0.5) is 0 Å². The van der Waals surface area contributed by atoms with Crippen LogP contribution in [0.15, 0.2) is 42.5 Å². The Hall–Kier alpha value is -2.01. The van der Waals surface area contributed by atoms with Crippen LogP contribution in [0, 0.1) is 18.8 Å². The van der Waals surface area contributed by atoms with Crippen LogP contribution in [0.3, 0.4) is 0 Å². The number of benzene rings is 2. The number of carbonyl (C=O) groups excluding carboxylic acids is 1. The Kier molecular flexibility index (Phi) is 5.49. The largest absolute Gasteiger partial charge is 0.348 e. The maximum absolute atomic E-state index is 13.3. The molecule has 1 heterocycles. The van der Waals surface area contributed by atoms with Crippen LogP contribution < -0.4 is 5.32 Å². The molecule has 31 heavy (non-hydrogen) atoms. The van der Waals surface area contributed by atoms with Crippen molar-refractivity contribution < 1.29 is 4.79 Å². The molecule has 2 fully saturated rings. The molecule has 0 unspecified atom stereocenters. The first kappa shape index (κ1) is 20.9. The van der Waals surface area contributed by atoms with Crippen molar-refractivity contribution in [3.63, 3.8) is 0 Å². The second-order valence-electron chi connectivity index (χ2n) is 8.56. The SMILES string of the molecule is Cc1c(C(=O)N[C@@H]2C[C@@H]3CC[C@H]2C3)nc(-c2ccc(Cl)cc2Cl)n1-c1ccc(Cl)cc1. The zero-order valence-corrected chi connectivity index (χ0v) is 19.3. The van der Waals surface area contributed by atoms with E-state index in [1.807, 2.05) is 41.8 Å². The van der Waals surface area contributed by atoms with E-state index in [9.17, 15) is 4.79 Å². The third kappa shape index (κ3) is 3.86. The zero-order valence-electron chi connectivity index (χ0n) is 17.0. The number of aromatic nitrogens is 2. The summed E-state index contributed by atoms with van der Waals surface area (Å²) in [5.74, 6) is 1.82. The Morgan fingerprint density at radius 1 is 1.03 bits per heavy atom. The third-order valence-electron chi connectivity index (χ3n) is 6.63. The summed E-state index contributed by atoms with van der Waals surface area (Å²) in [4.78, 5) is 18.0. The van der Waals surface area contributed by atoms with E-state index in [0.717, 1.165) is 23.7 Å². The second kappa shape index (κ2) is 8.16. The van der Waals surface area contributed by atoms with Crippen LogP contribution in [0.25, 0.3) is 17.1 Å². The van der Waals surface area contributed by atoms with Gasteiger partial charge in [0, 0.05) is 27.3 Å². The summed E-state index contributed by atoms with van der Waals surface area (Å²) in [5.41, 5.74) is 2.74. The van der Waals surface area contributed by atoms with Crippen molar-refractivity contribution >= 4 is 40.7 Å².